The summed E-state index contributed by atoms with van der Waals surface area (Å²) < 4.78 is 0. The number of hydrogen-bond acceptors (Lipinski definition) is 9. The van der Waals surface area contributed by atoms with Gasteiger partial charge in [-0.15, -0.1) is 0 Å². The molecule has 0 aromatic rings. The first kappa shape index (κ1) is 43.5. The number of hydrogen-bond donors (Lipinski definition) is 1. The third-order valence-corrected chi connectivity index (χ3v) is 2.53. The van der Waals surface area contributed by atoms with Gasteiger partial charge in [0.1, 0.15) is 0 Å². The van der Waals surface area contributed by atoms with Crippen LogP contribution < -0.4 is 19.6 Å². The molecule has 0 saturated heterocycles. The molecule has 5 nitrogen and oxygen atoms in total. The van der Waals surface area contributed by atoms with Crippen LogP contribution in [0.1, 0.15) is 71.6 Å². The monoisotopic (exact) mass is 632 g/mol. The van der Waals surface area contributed by atoms with E-state index in [0.717, 1.165) is 12.8 Å². The molecule has 14 heteroatoms. The van der Waals surface area contributed by atoms with Crippen LogP contribution in [0.2, 0.25) is 0 Å². The van der Waals surface area contributed by atoms with Gasteiger partial charge in [-0.05, 0) is 12.8 Å². The van der Waals surface area contributed by atoms with E-state index in [-0.39, 0.29) is 64.5 Å². The summed E-state index contributed by atoms with van der Waals surface area (Å²) >= 11 is 14.6. The first-order chi connectivity index (χ1) is 10.3. The summed E-state index contributed by atoms with van der Waals surface area (Å²) in [5.74, 6) is 0. The molecule has 1 unspecified atom stereocenters. The maximum atomic E-state index is 9.54. The molecule has 0 aromatic heterocycles. The van der Waals surface area contributed by atoms with Crippen molar-refractivity contribution in [1.29, 1.82) is 0 Å². The van der Waals surface area contributed by atoms with E-state index < -0.39 is 11.4 Å². The van der Waals surface area contributed by atoms with Gasteiger partial charge in [0.2, 0.25) is 0 Å². The fraction of sp³-hybridized carbons (Fsp3) is 1.00. The molecule has 0 aliphatic carbocycles. The van der Waals surface area contributed by atoms with Crippen LogP contribution in [0, 0.1) is 0 Å². The Labute approximate surface area is 218 Å². The Morgan fingerprint density at radius 2 is 1.00 bits per heavy atom. The van der Waals surface area contributed by atoms with Gasteiger partial charge in [-0.3, -0.25) is 0 Å². The van der Waals surface area contributed by atoms with Crippen molar-refractivity contribution in [1.82, 2.24) is 0 Å². The molecule has 144 valence electrons. The van der Waals surface area contributed by atoms with E-state index in [9.17, 15) is 24.7 Å². The van der Waals surface area contributed by atoms with E-state index in [1.807, 2.05) is 0 Å². The minimum atomic E-state index is -3.72. The van der Waals surface area contributed by atoms with Crippen molar-refractivity contribution in [2.75, 3.05) is 0 Å². The van der Waals surface area contributed by atoms with Gasteiger partial charge in [0.25, 0.3) is 0 Å². The fourth-order valence-electron chi connectivity index (χ4n) is 1.57. The molecule has 26 heavy (non-hydrogen) atoms. The molecule has 0 aromatic carbocycles. The first-order valence-electron chi connectivity index (χ1n) is 7.45. The average Bonchev–Trinajstić information content (AvgIpc) is 2.32. The van der Waals surface area contributed by atoms with Crippen molar-refractivity contribution in [2.45, 2.75) is 77.7 Å². The molecule has 0 saturated carbocycles. The molecule has 0 heterocycles. The van der Waals surface area contributed by atoms with Crippen molar-refractivity contribution in [3.63, 3.8) is 0 Å². The normalized spacial score (nSPS) is 11.1. The van der Waals surface area contributed by atoms with Crippen molar-refractivity contribution in [3.05, 3.63) is 0 Å². The molecule has 0 amide bonds. The zero-order valence-electron chi connectivity index (χ0n) is 15.7. The van der Waals surface area contributed by atoms with E-state index in [4.69, 9.17) is 0 Å². The van der Waals surface area contributed by atoms with Crippen LogP contribution in [0.4, 0.5) is 0 Å². The third-order valence-electron chi connectivity index (χ3n) is 2.53. The Balaban J connectivity index is -0.0000000652. The second-order valence-corrected chi connectivity index (χ2v) is 13.8. The van der Waals surface area contributed by atoms with Crippen LogP contribution in [-0.4, -0.2) is 11.2 Å². The third kappa shape index (κ3) is 91.5. The summed E-state index contributed by atoms with van der Waals surface area (Å²) in [7, 11) is 0. The van der Waals surface area contributed by atoms with E-state index >= 15 is 0 Å². The van der Waals surface area contributed by atoms with E-state index in [1.54, 1.807) is 0 Å². The quantitative estimate of drug-likeness (QED) is 0.170. The average molecular weight is 637 g/mol. The van der Waals surface area contributed by atoms with Crippen LogP contribution in [0.5, 0.6) is 0 Å². The Kier molecular flexibility index (Phi) is 48.0. The summed E-state index contributed by atoms with van der Waals surface area (Å²) in [6, 6.07) is 0. The molecular formula is C12H26O5P2S4Zn3. The number of rotatable bonds is 9. The second-order valence-electron chi connectivity index (χ2n) is 4.89. The van der Waals surface area contributed by atoms with Crippen molar-refractivity contribution < 1.29 is 83.1 Å². The van der Waals surface area contributed by atoms with E-state index in [2.05, 4.69) is 62.0 Å². The maximum absolute atomic E-state index is 9.54. The SMILES string of the molecule is CCCCCCCC(O)CCCC.[O-]P([O-])(=S)[S-].[O-]P([O-])(=S)[S-].[Zn+2].[Zn+2].[Zn+2]. The van der Waals surface area contributed by atoms with Gasteiger partial charge in [-0.25, -0.2) is 0 Å². The predicted octanol–water partition coefficient (Wildman–Crippen LogP) is 0.847. The Bertz CT molecular complexity index is 312. The van der Waals surface area contributed by atoms with E-state index in [0.29, 0.717) is 0 Å². The zero-order chi connectivity index (χ0) is 18.9. The van der Waals surface area contributed by atoms with Gasteiger partial charge >= 0.3 is 58.4 Å². The Morgan fingerprint density at radius 1 is 0.731 bits per heavy atom. The van der Waals surface area contributed by atoms with Gasteiger partial charge in [-0.1, -0.05) is 58.8 Å². The van der Waals surface area contributed by atoms with Gasteiger partial charge in [0.05, 0.1) is 6.10 Å². The fourth-order valence-corrected chi connectivity index (χ4v) is 1.57. The van der Waals surface area contributed by atoms with Crippen LogP contribution >= 0.6 is 11.4 Å². The zero-order valence-corrected chi connectivity index (χ0v) is 29.6. The smallest absolute Gasteiger partial charge is 0.850 e. The minimum absolute atomic E-state index is 0. The molecule has 1 atom stereocenters. The van der Waals surface area contributed by atoms with Gasteiger partial charge in [0, 0.05) is 0 Å². The first-order valence-corrected chi connectivity index (χ1v) is 14.8. The standard InChI is InChI=1S/C12H26O.2H3O2PS2.3Zn/c1-3-5-7-8-9-11-12(13)10-6-4-2;2*1-3(2,4)5;;;/h12-13H,3-11H2,1-2H3;2*(H3,1,2,4,5);;;/q;;;3*+2/p-6. The Morgan fingerprint density at radius 3 is 1.31 bits per heavy atom. The van der Waals surface area contributed by atoms with Crippen LogP contribution in [-0.2, 0) is 107 Å². The van der Waals surface area contributed by atoms with Gasteiger partial charge in [-0.2, -0.15) is 23.6 Å². The molecule has 0 radical (unpaired) electrons. The Hall–Kier alpha value is 3.67. The van der Waals surface area contributed by atoms with Gasteiger partial charge < -0.3 is 60.6 Å². The van der Waals surface area contributed by atoms with Crippen LogP contribution in [0.15, 0.2) is 0 Å². The number of aliphatic hydroxyl groups is 1. The van der Waals surface area contributed by atoms with Crippen LogP contribution in [0.25, 0.3) is 0 Å². The summed E-state index contributed by atoms with van der Waals surface area (Å²) in [5.41, 5.74) is -7.44. The molecule has 0 aliphatic heterocycles. The number of unbranched alkanes of at least 4 members (excludes halogenated alkanes) is 5. The van der Waals surface area contributed by atoms with Crippen LogP contribution in [0.3, 0.4) is 0 Å². The van der Waals surface area contributed by atoms with Crippen molar-refractivity contribution >= 4 is 59.5 Å². The summed E-state index contributed by atoms with van der Waals surface area (Å²) in [6.07, 6.45) is 10.9. The summed E-state index contributed by atoms with van der Waals surface area (Å²) in [6.45, 7) is 4.41. The molecular weight excluding hydrogens is 611 g/mol. The molecule has 1 N–H and O–H groups in total. The van der Waals surface area contributed by atoms with E-state index in [1.165, 1.54) is 44.9 Å². The second kappa shape index (κ2) is 28.7. The molecule has 0 fully saturated rings. The molecule has 0 spiro atoms. The van der Waals surface area contributed by atoms with Crippen molar-refractivity contribution in [2.24, 2.45) is 0 Å². The molecule has 0 rings (SSSR count). The number of aliphatic hydroxyl groups excluding tert-OH is 1. The maximum Gasteiger partial charge on any atom is 2.00 e. The van der Waals surface area contributed by atoms with Gasteiger partial charge in [0.15, 0.2) is 0 Å². The predicted molar refractivity (Wildman–Crippen MR) is 102 cm³/mol. The minimum Gasteiger partial charge on any atom is -0.850 e. The van der Waals surface area contributed by atoms with Crippen molar-refractivity contribution in [3.8, 4) is 0 Å². The topological polar surface area (TPSA) is 112 Å². The molecule has 0 bridgehead atoms. The largest absolute Gasteiger partial charge is 2.00 e. The molecule has 0 aliphatic rings. The summed E-state index contributed by atoms with van der Waals surface area (Å²) in [4.78, 5) is 37.2. The summed E-state index contributed by atoms with van der Waals surface area (Å²) in [5, 5.41) is 9.54.